The first-order valence-electron chi connectivity index (χ1n) is 35.2. The highest BCUT2D eigenvalue weighted by molar-refractivity contribution is 6.07. The van der Waals surface area contributed by atoms with Gasteiger partial charge in [0.1, 0.15) is 0 Å². The van der Waals surface area contributed by atoms with Crippen LogP contribution in [0.4, 0.5) is 68.2 Å². The van der Waals surface area contributed by atoms with E-state index in [-0.39, 0.29) is 0 Å². The Kier molecular flexibility index (Phi) is 18.8. The van der Waals surface area contributed by atoms with Crippen molar-refractivity contribution in [2.75, 3.05) is 19.6 Å². The monoisotopic (exact) mass is 1310 g/mol. The van der Waals surface area contributed by atoms with Gasteiger partial charge in [-0.15, -0.1) is 0 Å². The lowest BCUT2D eigenvalue weighted by molar-refractivity contribution is 1.28. The maximum atomic E-state index is 2.36. The van der Waals surface area contributed by atoms with E-state index in [4.69, 9.17) is 0 Å². The molecule has 0 saturated carbocycles. The van der Waals surface area contributed by atoms with Crippen LogP contribution in [0.25, 0.3) is 65.0 Å². The third kappa shape index (κ3) is 14.0. The summed E-state index contributed by atoms with van der Waals surface area (Å²) in [5, 5.41) is 12.5. The lowest BCUT2D eigenvalue weighted by Crippen LogP contribution is -2.10. The summed E-state index contributed by atoms with van der Waals surface area (Å²) in [6.07, 6.45) is 0. The Hall–Kier alpha value is -12.8. The second-order valence-electron chi connectivity index (χ2n) is 26.6. The Morgan fingerprint density at radius 2 is 0.343 bits per heavy atom. The molecular weight excluding hydrogens is 1230 g/mol. The fourth-order valence-corrected chi connectivity index (χ4v) is 13.8. The van der Waals surface area contributed by atoms with E-state index in [0.717, 1.165) is 22.7 Å². The molecule has 0 saturated heterocycles. The van der Waals surface area contributed by atoms with Crippen LogP contribution < -0.4 is 19.6 Å². The molecule has 0 radical (unpaired) electrons. The molecule has 0 aliphatic heterocycles. The van der Waals surface area contributed by atoms with Crippen molar-refractivity contribution >= 4 is 122 Å². The highest BCUT2D eigenvalue weighted by atomic mass is 15.2. The second-order valence-corrected chi connectivity index (χ2v) is 26.6. The Labute approximate surface area is 600 Å². The SMILES string of the molecule is Cc1ccc(N(c2ccc(-c3ccc(N(c4ccc(C)cc4)c4cccc5ccccc45)cc3)cc2)c2cccc3ccccc23)cc1.Cc1ccc(N(c2ccc(C)cc2)c2cccc3cc4ccccc4cc23)cc1.Cc1ccc(N(c2ccc(C)cc2)c2cccc3ccccc23)cc1. The van der Waals surface area contributed by atoms with E-state index in [0.29, 0.717) is 0 Å². The average Bonchev–Trinajstić information content (AvgIpc) is 0.771. The highest BCUT2D eigenvalue weighted by Crippen LogP contribution is 2.45. The number of hydrogen-bond acceptors (Lipinski definition) is 4. The van der Waals surface area contributed by atoms with Crippen LogP contribution in [0.15, 0.2) is 376 Å². The first-order valence-corrected chi connectivity index (χ1v) is 35.2. The third-order valence-electron chi connectivity index (χ3n) is 19.3. The minimum absolute atomic E-state index is 1.12. The zero-order valence-corrected chi connectivity index (χ0v) is 58.6. The zero-order chi connectivity index (χ0) is 69.5. The molecule has 0 aliphatic carbocycles. The smallest absolute Gasteiger partial charge is 0.0540 e. The van der Waals surface area contributed by atoms with Crippen molar-refractivity contribution in [1.82, 2.24) is 0 Å². The summed E-state index contributed by atoms with van der Waals surface area (Å²) in [6.45, 7) is 12.8. The first kappa shape index (κ1) is 65.2. The van der Waals surface area contributed by atoms with Crippen molar-refractivity contribution in [3.05, 3.63) is 409 Å². The van der Waals surface area contributed by atoms with Crippen LogP contribution in [-0.2, 0) is 0 Å². The summed E-state index contributed by atoms with van der Waals surface area (Å²) in [5.74, 6) is 0. The second kappa shape index (κ2) is 29.4. The van der Waals surface area contributed by atoms with Crippen molar-refractivity contribution < 1.29 is 0 Å². The normalized spacial score (nSPS) is 11.0. The van der Waals surface area contributed by atoms with E-state index in [2.05, 4.69) is 437 Å². The topological polar surface area (TPSA) is 13.0 Å². The van der Waals surface area contributed by atoms with Gasteiger partial charge in [-0.2, -0.15) is 0 Å². The number of nitrogens with zero attached hydrogens (tertiary/aromatic N) is 4. The summed E-state index contributed by atoms with van der Waals surface area (Å²) < 4.78 is 0. The van der Waals surface area contributed by atoms with Crippen molar-refractivity contribution in [2.24, 2.45) is 0 Å². The Bertz CT molecular complexity index is 5450. The van der Waals surface area contributed by atoms with Crippen LogP contribution >= 0.6 is 0 Å². The largest absolute Gasteiger partial charge is 0.310 e. The van der Waals surface area contributed by atoms with Crippen molar-refractivity contribution in [3.8, 4) is 11.1 Å². The molecule has 0 aromatic heterocycles. The van der Waals surface area contributed by atoms with E-state index in [1.54, 1.807) is 0 Å². The highest BCUT2D eigenvalue weighted by Gasteiger charge is 2.21. The lowest BCUT2D eigenvalue weighted by atomic mass is 10.0. The lowest BCUT2D eigenvalue weighted by Gasteiger charge is -2.27. The molecule has 0 unspecified atom stereocenters. The minimum Gasteiger partial charge on any atom is -0.310 e. The van der Waals surface area contributed by atoms with Gasteiger partial charge in [0.05, 0.1) is 22.7 Å². The molecule has 0 amide bonds. The number of fused-ring (bicyclic) bond motifs is 5. The van der Waals surface area contributed by atoms with E-state index < -0.39 is 0 Å². The van der Waals surface area contributed by atoms with Crippen LogP contribution in [0.2, 0.25) is 0 Å². The molecule has 492 valence electrons. The van der Waals surface area contributed by atoms with Crippen molar-refractivity contribution in [3.63, 3.8) is 0 Å². The molecule has 17 aromatic carbocycles. The van der Waals surface area contributed by atoms with E-state index in [1.807, 2.05) is 0 Å². The predicted molar refractivity (Wildman–Crippen MR) is 439 cm³/mol. The van der Waals surface area contributed by atoms with Gasteiger partial charge in [-0.3, -0.25) is 0 Å². The molecule has 17 rings (SSSR count). The van der Waals surface area contributed by atoms with Gasteiger partial charge in [0.25, 0.3) is 0 Å². The van der Waals surface area contributed by atoms with Crippen molar-refractivity contribution in [2.45, 2.75) is 41.5 Å². The Morgan fingerprint density at radius 1 is 0.147 bits per heavy atom. The molecule has 0 N–H and O–H groups in total. The van der Waals surface area contributed by atoms with Crippen LogP contribution in [0.3, 0.4) is 0 Å². The minimum atomic E-state index is 1.12. The van der Waals surface area contributed by atoms with Crippen LogP contribution in [0.1, 0.15) is 33.4 Å². The van der Waals surface area contributed by atoms with Crippen LogP contribution in [0.5, 0.6) is 0 Å². The third-order valence-corrected chi connectivity index (χ3v) is 19.3. The molecule has 0 spiro atoms. The molecular formula is C98H80N4. The molecule has 4 heteroatoms. The molecule has 0 atom stereocenters. The van der Waals surface area contributed by atoms with Gasteiger partial charge >= 0.3 is 0 Å². The van der Waals surface area contributed by atoms with Gasteiger partial charge in [0.15, 0.2) is 0 Å². The fourth-order valence-electron chi connectivity index (χ4n) is 13.8. The van der Waals surface area contributed by atoms with Gasteiger partial charge in [-0.25, -0.2) is 0 Å². The van der Waals surface area contributed by atoms with E-state index in [9.17, 15) is 0 Å². The average molecular weight is 1310 g/mol. The standard InChI is InChI=1S/C46H36N2.C28H23N.C24H21N/c1-33-17-25-39(26-18-33)47(45-15-7-11-37-9-3-5-13-43(37)45)41-29-21-35(22-30-41)36-23-31-42(32-24-36)48(40-27-19-34(2)20-28-40)46-16-8-12-38-10-4-6-14-44(38)46;1-20-10-14-25(15-11-20)29(26-16-12-21(2)13-17-26)28-9-5-8-24-18-22-6-3-4-7-23(22)19-27(24)28;1-18-10-14-21(15-11-18)25(22-16-12-19(2)13-17-22)24-9-5-7-20-6-3-4-8-23(20)24/h3-32H,1-2H3;3-19H,1-2H3;3-17H,1-2H3. The predicted octanol–water partition coefficient (Wildman–Crippen LogP) is 28.2. The molecule has 0 bridgehead atoms. The maximum Gasteiger partial charge on any atom is 0.0540 e. The van der Waals surface area contributed by atoms with Gasteiger partial charge in [-0.1, -0.05) is 276 Å². The number of hydrogen-bond donors (Lipinski definition) is 0. The quantitative estimate of drug-likeness (QED) is 0.107. The van der Waals surface area contributed by atoms with Gasteiger partial charge in [0.2, 0.25) is 0 Å². The number of benzene rings is 17. The molecule has 4 nitrogen and oxygen atoms in total. The van der Waals surface area contributed by atoms with Gasteiger partial charge in [0, 0.05) is 67.0 Å². The Morgan fingerprint density at radius 3 is 0.608 bits per heavy atom. The van der Waals surface area contributed by atoms with Crippen LogP contribution in [-0.4, -0.2) is 0 Å². The number of rotatable bonds is 13. The summed E-state index contributed by atoms with van der Waals surface area (Å²) in [7, 11) is 0. The van der Waals surface area contributed by atoms with Crippen molar-refractivity contribution in [1.29, 1.82) is 0 Å². The van der Waals surface area contributed by atoms with E-state index in [1.165, 1.54) is 144 Å². The summed E-state index contributed by atoms with van der Waals surface area (Å²) in [6, 6.07) is 136. The molecule has 17 aromatic rings. The fraction of sp³-hybridized carbons (Fsp3) is 0.0612. The molecule has 102 heavy (non-hydrogen) atoms. The van der Waals surface area contributed by atoms with Crippen LogP contribution in [0, 0.1) is 41.5 Å². The molecule has 0 aliphatic rings. The van der Waals surface area contributed by atoms with Gasteiger partial charge in [-0.05, 0) is 218 Å². The maximum absolute atomic E-state index is 2.36. The summed E-state index contributed by atoms with van der Waals surface area (Å²) in [5.41, 5.74) is 23.8. The summed E-state index contributed by atoms with van der Waals surface area (Å²) >= 11 is 0. The van der Waals surface area contributed by atoms with Gasteiger partial charge < -0.3 is 19.6 Å². The van der Waals surface area contributed by atoms with E-state index >= 15 is 0 Å². The summed E-state index contributed by atoms with van der Waals surface area (Å²) in [4.78, 5) is 9.41. The zero-order valence-electron chi connectivity index (χ0n) is 58.6. The molecule has 0 fully saturated rings. The number of anilines is 12. The number of aryl methyl sites for hydroxylation is 6. The Balaban J connectivity index is 0.000000133. The first-order chi connectivity index (χ1) is 50.0. The molecule has 0 heterocycles.